The Balaban J connectivity index is 1.54. The maximum atomic E-state index is 13.3. The first-order valence-corrected chi connectivity index (χ1v) is 12.7. The molecule has 0 radical (unpaired) electrons. The third-order valence-electron chi connectivity index (χ3n) is 6.06. The summed E-state index contributed by atoms with van der Waals surface area (Å²) in [5.74, 6) is -0.749. The van der Waals surface area contributed by atoms with Gasteiger partial charge in [-0.3, -0.25) is 14.5 Å². The second-order valence-electron chi connectivity index (χ2n) is 7.98. The van der Waals surface area contributed by atoms with Crippen molar-refractivity contribution in [2.24, 2.45) is 0 Å². The number of aryl methyl sites for hydroxylation is 1. The van der Waals surface area contributed by atoms with Crippen LogP contribution in [-0.4, -0.2) is 66.7 Å². The van der Waals surface area contributed by atoms with E-state index < -0.39 is 21.4 Å². The third-order valence-corrected chi connectivity index (χ3v) is 8.80. The lowest BCUT2D eigenvalue weighted by atomic mass is 9.80. The van der Waals surface area contributed by atoms with Crippen molar-refractivity contribution in [1.82, 2.24) is 15.1 Å². The molecule has 4 amide bonds. The summed E-state index contributed by atoms with van der Waals surface area (Å²) in [6.07, 6.45) is 3.27. The first kappa shape index (κ1) is 20.3. The smallest absolute Gasteiger partial charge is 0.325 e. The van der Waals surface area contributed by atoms with Gasteiger partial charge in [-0.25, -0.2) is 13.2 Å². The zero-order valence-corrected chi connectivity index (χ0v) is 18.0. The van der Waals surface area contributed by atoms with Crippen LogP contribution in [0.15, 0.2) is 11.4 Å². The number of fused-ring (bicyclic) bond motifs is 2. The van der Waals surface area contributed by atoms with E-state index in [1.807, 2.05) is 18.4 Å². The van der Waals surface area contributed by atoms with Gasteiger partial charge in [-0.05, 0) is 43.6 Å². The summed E-state index contributed by atoms with van der Waals surface area (Å²) in [6.45, 7) is 1.96. The standard InChI is InChI=1S/C19H25N3O5S2/c1-2-8-21(13-6-10-29(26,27)12-13)16(23)11-22-17(24)19(20-18(22)25)7-3-4-15-14(19)5-9-28-15/h5,9,13H,2-4,6-8,10-12H2,1H3,(H,20,25)/t13-,19+/m1/s1. The summed E-state index contributed by atoms with van der Waals surface area (Å²) in [6, 6.07) is 0.938. The van der Waals surface area contributed by atoms with Gasteiger partial charge in [0.15, 0.2) is 9.84 Å². The summed E-state index contributed by atoms with van der Waals surface area (Å²) >= 11 is 1.58. The minimum absolute atomic E-state index is 0.0545. The van der Waals surface area contributed by atoms with Crippen LogP contribution in [0.1, 0.15) is 43.0 Å². The molecule has 3 heterocycles. The number of rotatable bonds is 5. The largest absolute Gasteiger partial charge is 0.337 e. The highest BCUT2D eigenvalue weighted by atomic mass is 32.2. The number of nitrogens with zero attached hydrogens (tertiary/aromatic N) is 2. The fraction of sp³-hybridized carbons (Fsp3) is 0.632. The molecule has 1 aromatic heterocycles. The van der Waals surface area contributed by atoms with Crippen molar-refractivity contribution in [3.8, 4) is 0 Å². The molecule has 2 atom stereocenters. The number of thiophene rings is 1. The molecule has 1 N–H and O–H groups in total. The highest BCUT2D eigenvalue weighted by molar-refractivity contribution is 7.91. The van der Waals surface area contributed by atoms with Crippen molar-refractivity contribution in [1.29, 1.82) is 0 Å². The average Bonchev–Trinajstić information content (AvgIpc) is 3.34. The van der Waals surface area contributed by atoms with Crippen molar-refractivity contribution in [2.75, 3.05) is 24.6 Å². The van der Waals surface area contributed by atoms with Crippen molar-refractivity contribution in [3.63, 3.8) is 0 Å². The Hall–Kier alpha value is -1.94. The van der Waals surface area contributed by atoms with Gasteiger partial charge in [0.1, 0.15) is 12.1 Å². The topological polar surface area (TPSA) is 104 Å². The van der Waals surface area contributed by atoms with Gasteiger partial charge < -0.3 is 10.2 Å². The minimum Gasteiger partial charge on any atom is -0.337 e. The van der Waals surface area contributed by atoms with Crippen LogP contribution in [0.2, 0.25) is 0 Å². The quantitative estimate of drug-likeness (QED) is 0.696. The lowest BCUT2D eigenvalue weighted by Crippen LogP contribution is -2.49. The van der Waals surface area contributed by atoms with Gasteiger partial charge in [0, 0.05) is 23.0 Å². The van der Waals surface area contributed by atoms with E-state index in [-0.39, 0.29) is 35.9 Å². The van der Waals surface area contributed by atoms with Crippen molar-refractivity contribution in [3.05, 3.63) is 21.9 Å². The normalized spacial score (nSPS) is 27.9. The van der Waals surface area contributed by atoms with Gasteiger partial charge in [0.05, 0.1) is 11.5 Å². The van der Waals surface area contributed by atoms with E-state index >= 15 is 0 Å². The molecule has 0 unspecified atom stereocenters. The molecule has 2 aliphatic heterocycles. The van der Waals surface area contributed by atoms with Gasteiger partial charge in [-0.2, -0.15) is 0 Å². The number of carbonyl (C=O) groups is 3. The lowest BCUT2D eigenvalue weighted by molar-refractivity contribution is -0.140. The number of nitrogens with one attached hydrogen (secondary N) is 1. The molecule has 1 aliphatic carbocycles. The van der Waals surface area contributed by atoms with Crippen LogP contribution in [0.25, 0.3) is 0 Å². The molecule has 1 aromatic rings. The summed E-state index contributed by atoms with van der Waals surface area (Å²) in [7, 11) is -3.14. The van der Waals surface area contributed by atoms with Gasteiger partial charge >= 0.3 is 6.03 Å². The number of urea groups is 1. The monoisotopic (exact) mass is 439 g/mol. The zero-order valence-electron chi connectivity index (χ0n) is 16.3. The Bertz CT molecular complexity index is 957. The molecule has 0 bridgehead atoms. The fourth-order valence-corrected chi connectivity index (χ4v) is 7.41. The van der Waals surface area contributed by atoms with Crippen LogP contribution in [0.4, 0.5) is 4.79 Å². The molecule has 29 heavy (non-hydrogen) atoms. The zero-order chi connectivity index (χ0) is 20.8. The molecule has 1 spiro atoms. The first-order valence-electron chi connectivity index (χ1n) is 9.98. The van der Waals surface area contributed by atoms with Gasteiger partial charge in [-0.15, -0.1) is 11.3 Å². The fourth-order valence-electron chi connectivity index (χ4n) is 4.68. The van der Waals surface area contributed by atoms with Crippen molar-refractivity contribution >= 4 is 39.0 Å². The van der Waals surface area contributed by atoms with E-state index in [4.69, 9.17) is 0 Å². The molecular weight excluding hydrogens is 414 g/mol. The lowest BCUT2D eigenvalue weighted by Gasteiger charge is -2.32. The van der Waals surface area contributed by atoms with E-state index in [2.05, 4.69) is 5.32 Å². The van der Waals surface area contributed by atoms with Crippen LogP contribution in [0.5, 0.6) is 0 Å². The van der Waals surface area contributed by atoms with E-state index in [0.29, 0.717) is 25.8 Å². The number of amides is 4. The van der Waals surface area contributed by atoms with Crippen LogP contribution < -0.4 is 5.32 Å². The number of hydrogen-bond acceptors (Lipinski definition) is 6. The van der Waals surface area contributed by atoms with Gasteiger partial charge in [-0.1, -0.05) is 6.92 Å². The highest BCUT2D eigenvalue weighted by Gasteiger charge is 2.55. The second kappa shape index (κ2) is 7.39. The van der Waals surface area contributed by atoms with Crippen LogP contribution in [0, 0.1) is 0 Å². The Morgan fingerprint density at radius 1 is 1.41 bits per heavy atom. The predicted octanol–water partition coefficient (Wildman–Crippen LogP) is 1.26. The first-order chi connectivity index (χ1) is 13.8. The summed E-state index contributed by atoms with van der Waals surface area (Å²) in [4.78, 5) is 42.6. The molecule has 4 rings (SSSR count). The molecule has 3 aliphatic rings. The highest BCUT2D eigenvalue weighted by Crippen LogP contribution is 2.42. The molecule has 158 valence electrons. The van der Waals surface area contributed by atoms with Crippen LogP contribution >= 0.6 is 11.3 Å². The molecule has 10 heteroatoms. The van der Waals surface area contributed by atoms with E-state index in [0.717, 1.165) is 28.2 Å². The third kappa shape index (κ3) is 3.46. The van der Waals surface area contributed by atoms with Gasteiger partial charge in [0.25, 0.3) is 5.91 Å². The maximum Gasteiger partial charge on any atom is 0.325 e. The van der Waals surface area contributed by atoms with Crippen LogP contribution in [-0.2, 0) is 31.4 Å². The van der Waals surface area contributed by atoms with Crippen LogP contribution in [0.3, 0.4) is 0 Å². The van der Waals surface area contributed by atoms with E-state index in [1.54, 1.807) is 11.3 Å². The van der Waals surface area contributed by atoms with E-state index in [1.165, 1.54) is 4.90 Å². The molecule has 8 nitrogen and oxygen atoms in total. The Morgan fingerprint density at radius 2 is 2.21 bits per heavy atom. The Labute approximate surface area is 174 Å². The average molecular weight is 440 g/mol. The molecule has 0 aromatic carbocycles. The molecule has 2 saturated heterocycles. The minimum atomic E-state index is -3.14. The molecular formula is C19H25N3O5S2. The maximum absolute atomic E-state index is 13.3. The Morgan fingerprint density at radius 3 is 2.90 bits per heavy atom. The molecule has 0 saturated carbocycles. The number of hydrogen-bond donors (Lipinski definition) is 1. The number of sulfone groups is 1. The summed E-state index contributed by atoms with van der Waals surface area (Å²) in [5, 5.41) is 4.77. The SMILES string of the molecule is CCCN(C(=O)CN1C(=O)N[C@]2(CCCc3sccc32)C1=O)[C@@H]1CCS(=O)(=O)C1. The summed E-state index contributed by atoms with van der Waals surface area (Å²) < 4.78 is 23.7. The predicted molar refractivity (Wildman–Crippen MR) is 108 cm³/mol. The number of imide groups is 1. The number of carbonyl (C=O) groups excluding carboxylic acids is 3. The van der Waals surface area contributed by atoms with Crippen molar-refractivity contribution in [2.45, 2.75) is 50.6 Å². The van der Waals surface area contributed by atoms with E-state index in [9.17, 15) is 22.8 Å². The van der Waals surface area contributed by atoms with Gasteiger partial charge in [0.2, 0.25) is 5.91 Å². The molecule has 2 fully saturated rings. The van der Waals surface area contributed by atoms with Crippen molar-refractivity contribution < 1.29 is 22.8 Å². The second-order valence-corrected chi connectivity index (χ2v) is 11.2. The summed E-state index contributed by atoms with van der Waals surface area (Å²) in [5.41, 5.74) is -0.230. The Kier molecular flexibility index (Phi) is 5.18.